The fourth-order valence-electron chi connectivity index (χ4n) is 1.71. The van der Waals surface area contributed by atoms with Crippen LogP contribution in [-0.2, 0) is 0 Å². The summed E-state index contributed by atoms with van der Waals surface area (Å²) in [6.45, 7) is 1.29. The van der Waals surface area contributed by atoms with Crippen LogP contribution in [0.3, 0.4) is 0 Å². The van der Waals surface area contributed by atoms with E-state index in [2.05, 4.69) is 0 Å². The molecule has 3 nitrogen and oxygen atoms in total. The molecule has 0 aromatic heterocycles. The number of halogens is 1. The zero-order valence-electron chi connectivity index (χ0n) is 9.58. The third-order valence-corrected chi connectivity index (χ3v) is 2.87. The lowest BCUT2D eigenvalue weighted by Gasteiger charge is -2.08. The number of ketones is 1. The van der Waals surface area contributed by atoms with E-state index in [4.69, 9.17) is 21.1 Å². The molecule has 0 saturated carbocycles. The maximum absolute atomic E-state index is 11.8. The van der Waals surface area contributed by atoms with Crippen LogP contribution in [0.1, 0.15) is 29.6 Å². The Kier molecular flexibility index (Phi) is 4.26. The van der Waals surface area contributed by atoms with E-state index < -0.39 is 0 Å². The molecule has 0 saturated heterocycles. The largest absolute Gasteiger partial charge is 0.490 e. The second-order valence-electron chi connectivity index (χ2n) is 3.93. The highest BCUT2D eigenvalue weighted by Gasteiger charge is 2.13. The van der Waals surface area contributed by atoms with E-state index in [0.717, 1.165) is 12.2 Å². The first-order valence-electron chi connectivity index (χ1n) is 5.80. The predicted molar refractivity (Wildman–Crippen MR) is 66.3 cm³/mol. The Hall–Kier alpha value is -1.22. The third kappa shape index (κ3) is 3.13. The zero-order chi connectivity index (χ0) is 12.1. The Morgan fingerprint density at radius 1 is 1.24 bits per heavy atom. The van der Waals surface area contributed by atoms with Gasteiger partial charge in [0.25, 0.3) is 0 Å². The van der Waals surface area contributed by atoms with Crippen LogP contribution in [0.2, 0.25) is 0 Å². The van der Waals surface area contributed by atoms with E-state index in [-0.39, 0.29) is 5.78 Å². The minimum absolute atomic E-state index is 0.0984. The number of ether oxygens (including phenoxy) is 2. The van der Waals surface area contributed by atoms with Gasteiger partial charge in [-0.2, -0.15) is 0 Å². The number of benzene rings is 1. The summed E-state index contributed by atoms with van der Waals surface area (Å²) < 4.78 is 11.0. The number of Topliss-reactive ketones (excluding diaryl/α,β-unsaturated/α-hetero) is 1. The van der Waals surface area contributed by atoms with E-state index in [9.17, 15) is 4.79 Å². The fraction of sp³-hybridized carbons (Fsp3) is 0.462. The van der Waals surface area contributed by atoms with Gasteiger partial charge in [-0.05, 0) is 24.6 Å². The molecule has 1 aromatic carbocycles. The molecule has 0 spiro atoms. The van der Waals surface area contributed by atoms with Crippen LogP contribution >= 0.6 is 11.6 Å². The van der Waals surface area contributed by atoms with Gasteiger partial charge in [-0.3, -0.25) is 4.79 Å². The van der Waals surface area contributed by atoms with Crippen LogP contribution < -0.4 is 9.47 Å². The standard InChI is InChI=1S/C13H15ClO3/c14-6-1-3-11(15)10-4-5-12-13(9-10)17-8-2-7-16-12/h4-5,9H,1-3,6-8H2. The summed E-state index contributed by atoms with van der Waals surface area (Å²) in [7, 11) is 0. The number of carbonyl (C=O) groups excluding carboxylic acids is 1. The Bertz CT molecular complexity index is 404. The number of hydrogen-bond acceptors (Lipinski definition) is 3. The number of fused-ring (bicyclic) bond motifs is 1. The Balaban J connectivity index is 2.14. The van der Waals surface area contributed by atoms with Gasteiger partial charge in [-0.25, -0.2) is 0 Å². The van der Waals surface area contributed by atoms with Gasteiger partial charge < -0.3 is 9.47 Å². The lowest BCUT2D eigenvalue weighted by Crippen LogP contribution is -2.01. The van der Waals surface area contributed by atoms with Crippen LogP contribution in [0.15, 0.2) is 18.2 Å². The highest BCUT2D eigenvalue weighted by molar-refractivity contribution is 6.18. The van der Waals surface area contributed by atoms with Crippen LogP contribution in [0.25, 0.3) is 0 Å². The van der Waals surface area contributed by atoms with Crippen LogP contribution in [-0.4, -0.2) is 24.9 Å². The normalized spacial score (nSPS) is 14.2. The summed E-state index contributed by atoms with van der Waals surface area (Å²) in [5, 5.41) is 0. The molecule has 0 radical (unpaired) electrons. The van der Waals surface area contributed by atoms with Gasteiger partial charge in [-0.1, -0.05) is 0 Å². The molecule has 92 valence electrons. The average Bonchev–Trinajstić information content (AvgIpc) is 2.60. The summed E-state index contributed by atoms with van der Waals surface area (Å²) in [6.07, 6.45) is 2.04. The van der Waals surface area contributed by atoms with Gasteiger partial charge in [0.15, 0.2) is 17.3 Å². The van der Waals surface area contributed by atoms with E-state index in [1.54, 1.807) is 18.2 Å². The second kappa shape index (κ2) is 5.92. The lowest BCUT2D eigenvalue weighted by atomic mass is 10.1. The highest BCUT2D eigenvalue weighted by Crippen LogP contribution is 2.30. The minimum atomic E-state index is 0.0984. The van der Waals surface area contributed by atoms with Crippen molar-refractivity contribution in [1.82, 2.24) is 0 Å². The highest BCUT2D eigenvalue weighted by atomic mass is 35.5. The predicted octanol–water partition coefficient (Wildman–Crippen LogP) is 3.05. The van der Waals surface area contributed by atoms with E-state index >= 15 is 0 Å². The monoisotopic (exact) mass is 254 g/mol. The maximum Gasteiger partial charge on any atom is 0.163 e. The van der Waals surface area contributed by atoms with Crippen molar-refractivity contribution in [2.75, 3.05) is 19.1 Å². The Labute approximate surface area is 106 Å². The van der Waals surface area contributed by atoms with Crippen LogP contribution in [0, 0.1) is 0 Å². The molecule has 1 aliphatic rings. The molecule has 4 heteroatoms. The van der Waals surface area contributed by atoms with Crippen molar-refractivity contribution in [2.45, 2.75) is 19.3 Å². The van der Waals surface area contributed by atoms with Crippen molar-refractivity contribution >= 4 is 17.4 Å². The topological polar surface area (TPSA) is 35.5 Å². The molecule has 1 aliphatic heterocycles. The molecule has 0 bridgehead atoms. The molecule has 0 unspecified atom stereocenters. The molecule has 0 aliphatic carbocycles. The second-order valence-corrected chi connectivity index (χ2v) is 4.31. The molecule has 2 rings (SSSR count). The summed E-state index contributed by atoms with van der Waals surface area (Å²) >= 11 is 5.57. The van der Waals surface area contributed by atoms with E-state index in [1.807, 2.05) is 0 Å². The Morgan fingerprint density at radius 3 is 2.76 bits per heavy atom. The first kappa shape index (κ1) is 12.2. The van der Waals surface area contributed by atoms with Crippen LogP contribution in [0.5, 0.6) is 11.5 Å². The van der Waals surface area contributed by atoms with E-state index in [0.29, 0.717) is 43.2 Å². The number of alkyl halides is 1. The van der Waals surface area contributed by atoms with Crippen molar-refractivity contribution in [3.8, 4) is 11.5 Å². The lowest BCUT2D eigenvalue weighted by molar-refractivity contribution is 0.0981. The molecule has 0 fully saturated rings. The SMILES string of the molecule is O=C(CCCCl)c1ccc2c(c1)OCCCO2. The summed E-state index contributed by atoms with van der Waals surface area (Å²) in [6, 6.07) is 5.34. The van der Waals surface area contributed by atoms with Crippen molar-refractivity contribution < 1.29 is 14.3 Å². The molecule has 17 heavy (non-hydrogen) atoms. The van der Waals surface area contributed by atoms with Crippen LogP contribution in [0.4, 0.5) is 0 Å². The van der Waals surface area contributed by atoms with Gasteiger partial charge in [-0.15, -0.1) is 11.6 Å². The molecule has 0 atom stereocenters. The molecular formula is C13H15ClO3. The average molecular weight is 255 g/mol. The fourth-order valence-corrected chi connectivity index (χ4v) is 1.84. The summed E-state index contributed by atoms with van der Waals surface area (Å²) in [5.41, 5.74) is 0.666. The maximum atomic E-state index is 11.8. The quantitative estimate of drug-likeness (QED) is 0.612. The smallest absolute Gasteiger partial charge is 0.163 e. The third-order valence-electron chi connectivity index (χ3n) is 2.61. The Morgan fingerprint density at radius 2 is 2.00 bits per heavy atom. The molecule has 1 heterocycles. The van der Waals surface area contributed by atoms with Crippen molar-refractivity contribution in [2.24, 2.45) is 0 Å². The van der Waals surface area contributed by atoms with Crippen molar-refractivity contribution in [1.29, 1.82) is 0 Å². The van der Waals surface area contributed by atoms with Gasteiger partial charge >= 0.3 is 0 Å². The van der Waals surface area contributed by atoms with E-state index in [1.165, 1.54) is 0 Å². The first-order chi connectivity index (χ1) is 8.31. The number of carbonyl (C=O) groups is 1. The molecule has 0 amide bonds. The number of hydrogen-bond donors (Lipinski definition) is 0. The van der Waals surface area contributed by atoms with Crippen molar-refractivity contribution in [3.05, 3.63) is 23.8 Å². The number of rotatable bonds is 4. The van der Waals surface area contributed by atoms with Gasteiger partial charge in [0.2, 0.25) is 0 Å². The zero-order valence-corrected chi connectivity index (χ0v) is 10.3. The molecule has 0 N–H and O–H groups in total. The minimum Gasteiger partial charge on any atom is -0.490 e. The van der Waals surface area contributed by atoms with Gasteiger partial charge in [0.05, 0.1) is 13.2 Å². The van der Waals surface area contributed by atoms with Crippen molar-refractivity contribution in [3.63, 3.8) is 0 Å². The molecule has 1 aromatic rings. The van der Waals surface area contributed by atoms with Gasteiger partial charge in [0, 0.05) is 24.3 Å². The summed E-state index contributed by atoms with van der Waals surface area (Å²) in [4.78, 5) is 11.8. The van der Waals surface area contributed by atoms with Gasteiger partial charge in [0.1, 0.15) is 0 Å². The molecular weight excluding hydrogens is 240 g/mol. The summed E-state index contributed by atoms with van der Waals surface area (Å²) in [5.74, 6) is 1.99. The first-order valence-corrected chi connectivity index (χ1v) is 6.33.